The van der Waals surface area contributed by atoms with Crippen LogP contribution in [0.5, 0.6) is 0 Å². The minimum absolute atomic E-state index is 0.186. The van der Waals surface area contributed by atoms with Crippen LogP contribution in [0, 0.1) is 11.6 Å². The molecule has 13 heavy (non-hydrogen) atoms. The van der Waals surface area contributed by atoms with Crippen molar-refractivity contribution >= 4 is 12.6 Å². The van der Waals surface area contributed by atoms with Gasteiger partial charge in [-0.2, -0.15) is 0 Å². The first kappa shape index (κ1) is 10.1. The molecular formula is C8H9BF2O2. The maximum Gasteiger partial charge on any atom is 0.496 e. The van der Waals surface area contributed by atoms with E-state index in [-0.39, 0.29) is 5.46 Å². The van der Waals surface area contributed by atoms with E-state index in [1.165, 1.54) is 20.3 Å². The fraction of sp³-hybridized carbons (Fsp3) is 0.250. The third kappa shape index (κ3) is 2.26. The summed E-state index contributed by atoms with van der Waals surface area (Å²) in [6, 6.07) is 3.24. The number of benzene rings is 1. The zero-order valence-electron chi connectivity index (χ0n) is 7.38. The molecule has 0 N–H and O–H groups in total. The van der Waals surface area contributed by atoms with E-state index in [1.54, 1.807) is 0 Å². The summed E-state index contributed by atoms with van der Waals surface area (Å²) in [6.45, 7) is 0. The van der Waals surface area contributed by atoms with Crippen LogP contribution in [0.25, 0.3) is 0 Å². The van der Waals surface area contributed by atoms with E-state index in [2.05, 4.69) is 0 Å². The zero-order valence-corrected chi connectivity index (χ0v) is 7.38. The Morgan fingerprint density at radius 2 is 1.77 bits per heavy atom. The molecular weight excluding hydrogens is 177 g/mol. The molecule has 70 valence electrons. The molecule has 0 aliphatic heterocycles. The predicted octanol–water partition coefficient (Wildman–Crippen LogP) is 0.953. The van der Waals surface area contributed by atoms with Crippen LogP contribution in [0.3, 0.4) is 0 Å². The van der Waals surface area contributed by atoms with Gasteiger partial charge in [-0.15, -0.1) is 0 Å². The van der Waals surface area contributed by atoms with E-state index in [1.807, 2.05) is 0 Å². The Labute approximate surface area is 75.6 Å². The molecule has 0 aliphatic carbocycles. The van der Waals surface area contributed by atoms with Crippen molar-refractivity contribution < 1.29 is 18.1 Å². The molecule has 1 aromatic rings. The molecule has 0 saturated heterocycles. The molecule has 1 aromatic carbocycles. The highest BCUT2D eigenvalue weighted by atomic mass is 19.1. The monoisotopic (exact) mass is 186 g/mol. The Kier molecular flexibility index (Phi) is 3.39. The topological polar surface area (TPSA) is 18.5 Å². The molecule has 0 bridgehead atoms. The van der Waals surface area contributed by atoms with Crippen LogP contribution in [-0.2, 0) is 9.31 Å². The van der Waals surface area contributed by atoms with Gasteiger partial charge in [0.2, 0.25) is 0 Å². The highest BCUT2D eigenvalue weighted by Gasteiger charge is 2.22. The summed E-state index contributed by atoms with van der Waals surface area (Å²) in [5.41, 5.74) is 0.186. The van der Waals surface area contributed by atoms with Gasteiger partial charge in [0.1, 0.15) is 11.6 Å². The van der Waals surface area contributed by atoms with Gasteiger partial charge in [0.05, 0.1) is 0 Å². The average molecular weight is 186 g/mol. The van der Waals surface area contributed by atoms with Crippen LogP contribution in [0.2, 0.25) is 0 Å². The Bertz CT molecular complexity index is 289. The van der Waals surface area contributed by atoms with E-state index in [4.69, 9.17) is 9.31 Å². The number of hydrogen-bond donors (Lipinski definition) is 0. The molecule has 0 amide bonds. The summed E-state index contributed by atoms with van der Waals surface area (Å²) in [7, 11) is 1.98. The maximum absolute atomic E-state index is 13.1. The Morgan fingerprint density at radius 1 is 1.15 bits per heavy atom. The SMILES string of the molecule is COB(OC)c1ccc(F)cc1F. The smallest absolute Gasteiger partial charge is 0.410 e. The van der Waals surface area contributed by atoms with Crippen molar-refractivity contribution in [1.29, 1.82) is 0 Å². The van der Waals surface area contributed by atoms with Crippen molar-refractivity contribution in [3.05, 3.63) is 29.8 Å². The standard InChI is InChI=1S/C8H9BF2O2/c1-12-9(13-2)7-4-3-6(10)5-8(7)11/h3-5H,1-2H3. The summed E-state index contributed by atoms with van der Waals surface area (Å²) in [6.07, 6.45) is 0. The summed E-state index contributed by atoms with van der Waals surface area (Å²) in [4.78, 5) is 0. The van der Waals surface area contributed by atoms with Gasteiger partial charge in [0.15, 0.2) is 0 Å². The normalized spacial score (nSPS) is 10.2. The van der Waals surface area contributed by atoms with Gasteiger partial charge in [-0.05, 0) is 6.07 Å². The van der Waals surface area contributed by atoms with Gasteiger partial charge >= 0.3 is 7.12 Å². The maximum atomic E-state index is 13.1. The van der Waals surface area contributed by atoms with Crippen LogP contribution in [0.15, 0.2) is 18.2 Å². The van der Waals surface area contributed by atoms with Crippen molar-refractivity contribution in [2.75, 3.05) is 14.2 Å². The summed E-state index contributed by atoms with van der Waals surface area (Å²) in [5.74, 6) is -1.29. The lowest BCUT2D eigenvalue weighted by Crippen LogP contribution is -2.37. The van der Waals surface area contributed by atoms with Crippen LogP contribution < -0.4 is 5.46 Å². The van der Waals surface area contributed by atoms with Gasteiger partial charge in [-0.25, -0.2) is 8.78 Å². The Balaban J connectivity index is 2.99. The first-order valence-corrected chi connectivity index (χ1v) is 3.69. The van der Waals surface area contributed by atoms with Crippen LogP contribution in [0.4, 0.5) is 8.78 Å². The lowest BCUT2D eigenvalue weighted by molar-refractivity contribution is 0.290. The van der Waals surface area contributed by atoms with Gasteiger partial charge in [-0.1, -0.05) is 6.07 Å². The van der Waals surface area contributed by atoms with Gasteiger partial charge in [0.25, 0.3) is 0 Å². The molecule has 5 heteroatoms. The molecule has 0 aromatic heterocycles. The minimum atomic E-state index is -0.791. The van der Waals surface area contributed by atoms with E-state index >= 15 is 0 Å². The number of hydrogen-bond acceptors (Lipinski definition) is 2. The van der Waals surface area contributed by atoms with Gasteiger partial charge in [-0.3, -0.25) is 0 Å². The molecule has 0 fully saturated rings. The molecule has 0 aliphatic rings. The van der Waals surface area contributed by atoms with Crippen molar-refractivity contribution in [3.63, 3.8) is 0 Å². The van der Waals surface area contributed by atoms with E-state index in [0.29, 0.717) is 0 Å². The lowest BCUT2D eigenvalue weighted by atomic mass is 9.78. The van der Waals surface area contributed by atoms with Crippen LogP contribution in [0.1, 0.15) is 0 Å². The Morgan fingerprint density at radius 3 is 2.23 bits per heavy atom. The minimum Gasteiger partial charge on any atom is -0.410 e. The van der Waals surface area contributed by atoms with Crippen molar-refractivity contribution in [2.24, 2.45) is 0 Å². The highest BCUT2D eigenvalue weighted by molar-refractivity contribution is 6.61. The molecule has 0 spiro atoms. The van der Waals surface area contributed by atoms with Crippen molar-refractivity contribution in [2.45, 2.75) is 0 Å². The summed E-state index contributed by atoms with van der Waals surface area (Å²) < 4.78 is 35.2. The van der Waals surface area contributed by atoms with Crippen LogP contribution >= 0.6 is 0 Å². The van der Waals surface area contributed by atoms with Gasteiger partial charge in [0, 0.05) is 25.7 Å². The fourth-order valence-electron chi connectivity index (χ4n) is 1.04. The molecule has 2 nitrogen and oxygen atoms in total. The molecule has 0 atom stereocenters. The van der Waals surface area contributed by atoms with Gasteiger partial charge < -0.3 is 9.31 Å². The average Bonchev–Trinajstić information content (AvgIpc) is 2.10. The van der Waals surface area contributed by atoms with E-state index in [0.717, 1.165) is 12.1 Å². The molecule has 0 saturated carbocycles. The second kappa shape index (κ2) is 4.34. The summed E-state index contributed by atoms with van der Waals surface area (Å²) in [5, 5.41) is 0. The van der Waals surface area contributed by atoms with Crippen molar-refractivity contribution in [3.8, 4) is 0 Å². The second-order valence-corrected chi connectivity index (χ2v) is 2.47. The number of rotatable bonds is 3. The predicted molar refractivity (Wildman–Crippen MR) is 45.8 cm³/mol. The largest absolute Gasteiger partial charge is 0.496 e. The molecule has 1 rings (SSSR count). The molecule has 0 unspecified atom stereocenters. The van der Waals surface area contributed by atoms with E-state index < -0.39 is 18.8 Å². The third-order valence-corrected chi connectivity index (χ3v) is 1.64. The molecule has 0 heterocycles. The first-order chi connectivity index (χ1) is 6.19. The Hall–Kier alpha value is -0.935. The van der Waals surface area contributed by atoms with Crippen LogP contribution in [-0.4, -0.2) is 21.3 Å². The quantitative estimate of drug-likeness (QED) is 0.654. The lowest BCUT2D eigenvalue weighted by Gasteiger charge is -2.08. The van der Waals surface area contributed by atoms with Crippen molar-refractivity contribution in [1.82, 2.24) is 0 Å². The molecule has 0 radical (unpaired) electrons. The third-order valence-electron chi connectivity index (χ3n) is 1.64. The highest BCUT2D eigenvalue weighted by Crippen LogP contribution is 2.01. The second-order valence-electron chi connectivity index (χ2n) is 2.47. The first-order valence-electron chi connectivity index (χ1n) is 3.69. The summed E-state index contributed by atoms with van der Waals surface area (Å²) >= 11 is 0. The zero-order chi connectivity index (χ0) is 9.84. The van der Waals surface area contributed by atoms with E-state index in [9.17, 15) is 8.78 Å². The fourth-order valence-corrected chi connectivity index (χ4v) is 1.04. The number of halogens is 2.